The van der Waals surface area contributed by atoms with Crippen molar-refractivity contribution in [3.05, 3.63) is 42.7 Å². The second-order valence-corrected chi connectivity index (χ2v) is 6.38. The summed E-state index contributed by atoms with van der Waals surface area (Å²) in [7, 11) is 1.65. The molecule has 3 heterocycles. The van der Waals surface area contributed by atoms with E-state index >= 15 is 0 Å². The molecule has 4 rings (SSSR count). The molecule has 5 heteroatoms. The lowest BCUT2D eigenvalue weighted by molar-refractivity contribution is 0.236. The number of methoxy groups -OCH3 is 1. The van der Waals surface area contributed by atoms with Crippen LogP contribution in [0, 0.1) is 0 Å². The Bertz CT molecular complexity index is 725. The van der Waals surface area contributed by atoms with Gasteiger partial charge in [0.2, 0.25) is 0 Å². The van der Waals surface area contributed by atoms with Crippen LogP contribution in [0.25, 0.3) is 11.1 Å². The molecule has 23 heavy (non-hydrogen) atoms. The minimum atomic E-state index is -0.0569. The van der Waals surface area contributed by atoms with Crippen LogP contribution in [-0.4, -0.2) is 35.8 Å². The van der Waals surface area contributed by atoms with Gasteiger partial charge in [0.05, 0.1) is 7.11 Å². The van der Waals surface area contributed by atoms with Gasteiger partial charge in [0.25, 0.3) is 0 Å². The van der Waals surface area contributed by atoms with Crippen LogP contribution in [-0.2, 0) is 0 Å². The number of amides is 1. The molecular weight excluding hydrogens is 290 g/mol. The Morgan fingerprint density at radius 3 is 2.96 bits per heavy atom. The first kappa shape index (κ1) is 14.3. The van der Waals surface area contributed by atoms with E-state index in [-0.39, 0.29) is 12.1 Å². The van der Waals surface area contributed by atoms with E-state index in [9.17, 15) is 4.79 Å². The second kappa shape index (κ2) is 5.74. The summed E-state index contributed by atoms with van der Waals surface area (Å²) in [5.41, 5.74) is 2.04. The largest absolute Gasteiger partial charge is 0.497 e. The summed E-state index contributed by atoms with van der Waals surface area (Å²) in [5, 5.41) is 6.69. The molecular formula is C18H21N3O2. The highest BCUT2D eigenvalue weighted by molar-refractivity contribution is 5.79. The number of hydrogen-bond acceptors (Lipinski definition) is 3. The average molecular weight is 311 g/mol. The Morgan fingerprint density at radius 2 is 2.22 bits per heavy atom. The van der Waals surface area contributed by atoms with Gasteiger partial charge in [-0.05, 0) is 43.0 Å². The van der Waals surface area contributed by atoms with Gasteiger partial charge in [-0.25, -0.2) is 4.79 Å². The van der Waals surface area contributed by atoms with E-state index in [0.29, 0.717) is 12.1 Å². The fraction of sp³-hybridized carbons (Fsp3) is 0.389. The maximum atomic E-state index is 12.4. The molecule has 0 saturated carbocycles. The van der Waals surface area contributed by atoms with E-state index in [0.717, 1.165) is 29.7 Å². The minimum Gasteiger partial charge on any atom is -0.497 e. The number of carbonyl (C=O) groups excluding carboxylic acids is 1. The standard InChI is InChI=1S/C18H21N3O2/c1-23-15-4-2-3-12(9-15)13-7-8-21(11-13)18(22)20-17-10-14-5-6-16(17)19-14/h2-4,7-9,11,14,16-17,19H,5-6,10H2,1H3,(H,20,22). The summed E-state index contributed by atoms with van der Waals surface area (Å²) in [4.78, 5) is 12.4. The predicted molar refractivity (Wildman–Crippen MR) is 88.7 cm³/mol. The topological polar surface area (TPSA) is 55.3 Å². The van der Waals surface area contributed by atoms with Crippen molar-refractivity contribution >= 4 is 6.03 Å². The van der Waals surface area contributed by atoms with Gasteiger partial charge < -0.3 is 15.4 Å². The number of rotatable bonds is 3. The Hall–Kier alpha value is -2.27. The zero-order valence-corrected chi connectivity index (χ0v) is 13.2. The fourth-order valence-corrected chi connectivity index (χ4v) is 3.71. The smallest absolute Gasteiger partial charge is 0.325 e. The van der Waals surface area contributed by atoms with Crippen LogP contribution >= 0.6 is 0 Å². The van der Waals surface area contributed by atoms with E-state index in [4.69, 9.17) is 4.74 Å². The van der Waals surface area contributed by atoms with Crippen molar-refractivity contribution in [2.24, 2.45) is 0 Å². The minimum absolute atomic E-state index is 0.0569. The number of hydrogen-bond donors (Lipinski definition) is 2. The fourth-order valence-electron chi connectivity index (χ4n) is 3.71. The van der Waals surface area contributed by atoms with Crippen LogP contribution in [0.4, 0.5) is 4.79 Å². The molecule has 1 aromatic heterocycles. The third-order valence-corrected chi connectivity index (χ3v) is 4.94. The van der Waals surface area contributed by atoms with Crippen molar-refractivity contribution in [2.45, 2.75) is 37.4 Å². The molecule has 2 aliphatic rings. The molecule has 5 nitrogen and oxygen atoms in total. The third-order valence-electron chi connectivity index (χ3n) is 4.94. The molecule has 2 bridgehead atoms. The SMILES string of the molecule is COc1cccc(-c2ccn(C(=O)NC3CC4CCC3N4)c2)c1. The number of carbonyl (C=O) groups is 1. The van der Waals surface area contributed by atoms with Gasteiger partial charge in [0.1, 0.15) is 5.75 Å². The van der Waals surface area contributed by atoms with Gasteiger partial charge in [-0.3, -0.25) is 4.57 Å². The zero-order chi connectivity index (χ0) is 15.8. The third kappa shape index (κ3) is 2.72. The molecule has 2 aliphatic heterocycles. The van der Waals surface area contributed by atoms with Crippen LogP contribution < -0.4 is 15.4 Å². The van der Waals surface area contributed by atoms with Crippen molar-refractivity contribution < 1.29 is 9.53 Å². The molecule has 2 saturated heterocycles. The van der Waals surface area contributed by atoms with Crippen LogP contribution in [0.5, 0.6) is 5.75 Å². The lowest BCUT2D eigenvalue weighted by atomic mass is 9.96. The van der Waals surface area contributed by atoms with E-state index in [1.807, 2.05) is 42.7 Å². The predicted octanol–water partition coefficient (Wildman–Crippen LogP) is 2.61. The first-order chi connectivity index (χ1) is 11.2. The molecule has 120 valence electrons. The molecule has 2 fully saturated rings. The highest BCUT2D eigenvalue weighted by Crippen LogP contribution is 2.28. The molecule has 3 atom stereocenters. The average Bonchev–Trinajstić information content (AvgIpc) is 3.31. The van der Waals surface area contributed by atoms with Gasteiger partial charge in [0, 0.05) is 36.1 Å². The van der Waals surface area contributed by atoms with Gasteiger partial charge >= 0.3 is 6.03 Å². The summed E-state index contributed by atoms with van der Waals surface area (Å²) < 4.78 is 6.88. The van der Waals surface area contributed by atoms with Gasteiger partial charge in [-0.2, -0.15) is 0 Å². The Balaban J connectivity index is 1.47. The van der Waals surface area contributed by atoms with E-state index in [2.05, 4.69) is 10.6 Å². The summed E-state index contributed by atoms with van der Waals surface area (Å²) in [6.07, 6.45) is 7.12. The molecule has 3 unspecified atom stereocenters. The molecule has 1 aromatic carbocycles. The van der Waals surface area contributed by atoms with Crippen molar-refractivity contribution in [3.8, 4) is 16.9 Å². The molecule has 2 aromatic rings. The Labute approximate surface area is 135 Å². The van der Waals surface area contributed by atoms with E-state index in [1.165, 1.54) is 6.42 Å². The number of benzene rings is 1. The number of nitrogens with zero attached hydrogens (tertiary/aromatic N) is 1. The summed E-state index contributed by atoms with van der Waals surface area (Å²) >= 11 is 0. The normalized spacial score (nSPS) is 25.5. The zero-order valence-electron chi connectivity index (χ0n) is 13.2. The highest BCUT2D eigenvalue weighted by atomic mass is 16.5. The number of nitrogens with one attached hydrogen (secondary N) is 2. The number of ether oxygens (including phenoxy) is 1. The molecule has 0 aliphatic carbocycles. The monoisotopic (exact) mass is 311 g/mol. The maximum absolute atomic E-state index is 12.4. The number of fused-ring (bicyclic) bond motifs is 2. The number of aromatic nitrogens is 1. The van der Waals surface area contributed by atoms with Crippen LogP contribution in [0.1, 0.15) is 19.3 Å². The Morgan fingerprint density at radius 1 is 1.30 bits per heavy atom. The maximum Gasteiger partial charge on any atom is 0.325 e. The first-order valence-corrected chi connectivity index (χ1v) is 8.12. The van der Waals surface area contributed by atoms with E-state index < -0.39 is 0 Å². The first-order valence-electron chi connectivity index (χ1n) is 8.12. The van der Waals surface area contributed by atoms with Crippen molar-refractivity contribution in [3.63, 3.8) is 0 Å². The van der Waals surface area contributed by atoms with Crippen LogP contribution in [0.3, 0.4) is 0 Å². The van der Waals surface area contributed by atoms with Crippen LogP contribution in [0.15, 0.2) is 42.7 Å². The molecule has 0 radical (unpaired) electrons. The van der Waals surface area contributed by atoms with Crippen molar-refractivity contribution in [1.29, 1.82) is 0 Å². The molecule has 2 N–H and O–H groups in total. The van der Waals surface area contributed by atoms with Gasteiger partial charge in [-0.1, -0.05) is 12.1 Å². The molecule has 1 amide bonds. The van der Waals surface area contributed by atoms with Crippen molar-refractivity contribution in [1.82, 2.24) is 15.2 Å². The lowest BCUT2D eigenvalue weighted by Gasteiger charge is -2.21. The van der Waals surface area contributed by atoms with Crippen molar-refractivity contribution in [2.75, 3.05) is 7.11 Å². The second-order valence-electron chi connectivity index (χ2n) is 6.38. The lowest BCUT2D eigenvalue weighted by Crippen LogP contribution is -2.44. The van der Waals surface area contributed by atoms with E-state index in [1.54, 1.807) is 11.7 Å². The quantitative estimate of drug-likeness (QED) is 0.916. The summed E-state index contributed by atoms with van der Waals surface area (Å²) in [6.45, 7) is 0. The van der Waals surface area contributed by atoms with Crippen LogP contribution in [0.2, 0.25) is 0 Å². The van der Waals surface area contributed by atoms with Gasteiger partial charge in [0.15, 0.2) is 0 Å². The molecule has 0 spiro atoms. The summed E-state index contributed by atoms with van der Waals surface area (Å²) in [5.74, 6) is 0.813. The van der Waals surface area contributed by atoms with Gasteiger partial charge in [-0.15, -0.1) is 0 Å². The highest BCUT2D eigenvalue weighted by Gasteiger charge is 2.39. The summed E-state index contributed by atoms with van der Waals surface area (Å²) in [6, 6.07) is 11.0. The Kier molecular flexibility index (Phi) is 3.58.